The van der Waals surface area contributed by atoms with Crippen LogP contribution in [0.25, 0.3) is 16.2 Å². The summed E-state index contributed by atoms with van der Waals surface area (Å²) in [4.78, 5) is 17.8. The number of aromatic nitrogens is 2. The normalized spacial score (nSPS) is 11.0. The first-order chi connectivity index (χ1) is 10.1. The second-order valence-electron chi connectivity index (χ2n) is 4.51. The minimum Gasteiger partial charge on any atom is -0.465 e. The van der Waals surface area contributed by atoms with E-state index in [1.807, 2.05) is 41.8 Å². The maximum Gasteiger partial charge on any atom is 0.349 e. The minimum absolute atomic E-state index is 0.310. The van der Waals surface area contributed by atoms with Crippen LogP contribution in [0, 0.1) is 0 Å². The van der Waals surface area contributed by atoms with Gasteiger partial charge in [0, 0.05) is 22.5 Å². The summed E-state index contributed by atoms with van der Waals surface area (Å²) in [6.45, 7) is 2.01. The molecular weight excluding hydrogens is 308 g/mol. The first-order valence-corrected chi connectivity index (χ1v) is 7.68. The summed E-state index contributed by atoms with van der Waals surface area (Å²) in [5, 5.41) is 0.696. The van der Waals surface area contributed by atoms with Crippen LogP contribution in [0.2, 0.25) is 5.02 Å². The number of benzene rings is 1. The monoisotopic (exact) mass is 320 g/mol. The van der Waals surface area contributed by atoms with Gasteiger partial charge in [0.25, 0.3) is 0 Å². The average Bonchev–Trinajstić information content (AvgIpc) is 3.04. The molecule has 0 unspecified atom stereocenters. The van der Waals surface area contributed by atoms with Crippen molar-refractivity contribution in [2.75, 3.05) is 7.11 Å². The molecule has 21 heavy (non-hydrogen) atoms. The van der Waals surface area contributed by atoms with E-state index in [-0.39, 0.29) is 5.97 Å². The van der Waals surface area contributed by atoms with Crippen molar-refractivity contribution in [3.63, 3.8) is 0 Å². The van der Waals surface area contributed by atoms with Crippen molar-refractivity contribution in [3.8, 4) is 11.3 Å². The fourth-order valence-corrected chi connectivity index (χ4v) is 3.47. The number of imidazole rings is 1. The molecule has 0 radical (unpaired) electrons. The van der Waals surface area contributed by atoms with Gasteiger partial charge < -0.3 is 4.74 Å². The third kappa shape index (κ3) is 2.43. The second-order valence-corrected chi connectivity index (χ2v) is 5.92. The first-order valence-electron chi connectivity index (χ1n) is 6.49. The number of hydrogen-bond acceptors (Lipinski definition) is 4. The lowest BCUT2D eigenvalue weighted by Crippen LogP contribution is -2.03. The van der Waals surface area contributed by atoms with Crippen LogP contribution in [0.5, 0.6) is 0 Å². The number of thiazole rings is 1. The minimum atomic E-state index is -0.310. The number of fused-ring (bicyclic) bond motifs is 1. The van der Waals surface area contributed by atoms with Crippen LogP contribution in [0.3, 0.4) is 0 Å². The lowest BCUT2D eigenvalue weighted by atomic mass is 10.2. The Kier molecular flexibility index (Phi) is 3.69. The number of carbonyl (C=O) groups excluding carboxylic acids is 1. The fourth-order valence-electron chi connectivity index (χ4n) is 2.23. The number of methoxy groups -OCH3 is 1. The summed E-state index contributed by atoms with van der Waals surface area (Å²) in [5.74, 6) is -0.310. The third-order valence-electron chi connectivity index (χ3n) is 3.27. The van der Waals surface area contributed by atoms with E-state index in [0.717, 1.165) is 28.3 Å². The number of halogens is 1. The lowest BCUT2D eigenvalue weighted by Gasteiger charge is -2.00. The highest BCUT2D eigenvalue weighted by Crippen LogP contribution is 2.28. The fraction of sp³-hybridized carbons (Fsp3) is 0.200. The molecule has 6 heteroatoms. The zero-order valence-corrected chi connectivity index (χ0v) is 13.2. The van der Waals surface area contributed by atoms with Crippen LogP contribution in [0.1, 0.15) is 22.3 Å². The Labute approximate surface area is 131 Å². The first kappa shape index (κ1) is 14.1. The van der Waals surface area contributed by atoms with Gasteiger partial charge in [0.2, 0.25) is 0 Å². The maximum atomic E-state index is 11.8. The number of aryl methyl sites for hydroxylation is 1. The molecule has 0 atom stereocenters. The summed E-state index contributed by atoms with van der Waals surface area (Å²) >= 11 is 7.25. The second kappa shape index (κ2) is 5.50. The Bertz CT molecular complexity index is 805. The number of nitrogens with zero attached hydrogens (tertiary/aromatic N) is 2. The molecule has 3 aromatic rings. The molecule has 4 nitrogen and oxygen atoms in total. The topological polar surface area (TPSA) is 43.6 Å². The van der Waals surface area contributed by atoms with Gasteiger partial charge >= 0.3 is 5.97 Å². The van der Waals surface area contributed by atoms with E-state index in [1.165, 1.54) is 18.4 Å². The molecule has 0 bridgehead atoms. The molecular formula is C15H13ClN2O2S. The zero-order valence-electron chi connectivity index (χ0n) is 11.6. The van der Waals surface area contributed by atoms with E-state index >= 15 is 0 Å². The Hall–Kier alpha value is -1.85. The Morgan fingerprint density at radius 3 is 2.71 bits per heavy atom. The predicted octanol–water partition coefficient (Wildman–Crippen LogP) is 4.07. The number of ether oxygens (including phenoxy) is 1. The predicted molar refractivity (Wildman–Crippen MR) is 84.2 cm³/mol. The van der Waals surface area contributed by atoms with E-state index in [4.69, 9.17) is 16.3 Å². The van der Waals surface area contributed by atoms with Gasteiger partial charge in [0.1, 0.15) is 4.88 Å². The van der Waals surface area contributed by atoms with Crippen molar-refractivity contribution < 1.29 is 9.53 Å². The highest BCUT2D eigenvalue weighted by Gasteiger charge is 2.19. The van der Waals surface area contributed by atoms with Crippen molar-refractivity contribution in [1.29, 1.82) is 0 Å². The van der Waals surface area contributed by atoms with Crippen LogP contribution in [0.15, 0.2) is 30.5 Å². The largest absolute Gasteiger partial charge is 0.465 e. The van der Waals surface area contributed by atoms with Crippen LogP contribution in [-0.2, 0) is 11.2 Å². The molecule has 0 aliphatic carbocycles. The molecule has 2 aromatic heterocycles. The van der Waals surface area contributed by atoms with E-state index < -0.39 is 0 Å². The summed E-state index contributed by atoms with van der Waals surface area (Å²) in [6.07, 6.45) is 2.68. The van der Waals surface area contributed by atoms with Gasteiger partial charge in [0.05, 0.1) is 12.8 Å². The van der Waals surface area contributed by atoms with Crippen molar-refractivity contribution in [1.82, 2.24) is 9.38 Å². The molecule has 1 aromatic carbocycles. The van der Waals surface area contributed by atoms with Crippen LogP contribution in [-0.4, -0.2) is 22.5 Å². The van der Waals surface area contributed by atoms with E-state index in [0.29, 0.717) is 9.90 Å². The van der Waals surface area contributed by atoms with E-state index in [1.54, 1.807) is 0 Å². The maximum absolute atomic E-state index is 11.8. The molecule has 0 N–H and O–H groups in total. The van der Waals surface area contributed by atoms with Gasteiger partial charge in [0.15, 0.2) is 4.96 Å². The molecule has 0 spiro atoms. The summed E-state index contributed by atoms with van der Waals surface area (Å²) in [6, 6.07) is 7.54. The molecule has 2 heterocycles. The molecule has 108 valence electrons. The van der Waals surface area contributed by atoms with Crippen molar-refractivity contribution in [3.05, 3.63) is 46.1 Å². The van der Waals surface area contributed by atoms with Gasteiger partial charge in [-0.15, -0.1) is 0 Å². The lowest BCUT2D eigenvalue weighted by molar-refractivity contribution is 0.0604. The summed E-state index contributed by atoms with van der Waals surface area (Å²) in [5.41, 5.74) is 2.79. The molecule has 0 fully saturated rings. The van der Waals surface area contributed by atoms with Gasteiger partial charge in [-0.25, -0.2) is 9.78 Å². The number of rotatable bonds is 3. The van der Waals surface area contributed by atoms with E-state index in [2.05, 4.69) is 4.98 Å². The number of hydrogen-bond donors (Lipinski definition) is 0. The SMILES string of the molecule is CCc1c(C(=O)OC)sc2nc(-c3ccc(Cl)cc3)cn12. The molecule has 0 saturated carbocycles. The Morgan fingerprint density at radius 1 is 1.38 bits per heavy atom. The molecule has 0 saturated heterocycles. The Morgan fingerprint density at radius 2 is 2.10 bits per heavy atom. The Balaban J connectivity index is 2.11. The zero-order chi connectivity index (χ0) is 15.0. The van der Waals surface area contributed by atoms with Gasteiger partial charge in [-0.1, -0.05) is 42.0 Å². The third-order valence-corrected chi connectivity index (χ3v) is 4.59. The summed E-state index contributed by atoms with van der Waals surface area (Å²) in [7, 11) is 1.39. The van der Waals surface area contributed by atoms with Gasteiger partial charge in [-0.3, -0.25) is 4.40 Å². The highest BCUT2D eigenvalue weighted by atomic mass is 35.5. The van der Waals surface area contributed by atoms with Gasteiger partial charge in [-0.2, -0.15) is 0 Å². The van der Waals surface area contributed by atoms with Gasteiger partial charge in [-0.05, 0) is 18.6 Å². The van der Waals surface area contributed by atoms with E-state index in [9.17, 15) is 4.79 Å². The highest BCUT2D eigenvalue weighted by molar-refractivity contribution is 7.19. The van der Waals surface area contributed by atoms with Crippen molar-refractivity contribution >= 4 is 33.9 Å². The van der Waals surface area contributed by atoms with Crippen molar-refractivity contribution in [2.24, 2.45) is 0 Å². The molecule has 3 rings (SSSR count). The number of carbonyl (C=O) groups is 1. The summed E-state index contributed by atoms with van der Waals surface area (Å²) < 4.78 is 6.78. The average molecular weight is 321 g/mol. The van der Waals surface area contributed by atoms with Crippen LogP contribution >= 0.6 is 22.9 Å². The number of esters is 1. The molecule has 0 aliphatic heterocycles. The van der Waals surface area contributed by atoms with Crippen molar-refractivity contribution in [2.45, 2.75) is 13.3 Å². The molecule has 0 amide bonds. The quantitative estimate of drug-likeness (QED) is 0.683. The standard InChI is InChI=1S/C15H13ClN2O2S/c1-3-12-13(14(19)20-2)21-15-17-11(8-18(12)15)9-4-6-10(16)7-5-9/h4-8H,3H2,1-2H3. The van der Waals surface area contributed by atoms with Crippen LogP contribution < -0.4 is 0 Å². The van der Waals surface area contributed by atoms with Crippen LogP contribution in [0.4, 0.5) is 0 Å². The molecule has 0 aliphatic rings. The smallest absolute Gasteiger partial charge is 0.349 e.